The molecule has 0 N–H and O–H groups in total. The molecule has 0 aliphatic heterocycles. The molecule has 0 aliphatic rings. The molecule has 0 aliphatic carbocycles. The number of rotatable bonds is 6. The van der Waals surface area contributed by atoms with Crippen LogP contribution in [0.25, 0.3) is 16.9 Å². The Morgan fingerprint density at radius 1 is 1.28 bits per heavy atom. The molecule has 1 aromatic heterocycles. The molecule has 0 atom stereocenters. The van der Waals surface area contributed by atoms with Crippen LogP contribution >= 0.6 is 11.8 Å². The summed E-state index contributed by atoms with van der Waals surface area (Å²) in [5, 5.41) is 11.9. The Hall–Kier alpha value is -2.86. The third-order valence-corrected chi connectivity index (χ3v) is 4.65. The third-order valence-electron chi connectivity index (χ3n) is 3.70. The second-order valence-electron chi connectivity index (χ2n) is 5.50. The first-order chi connectivity index (χ1) is 12.1. The lowest BCUT2D eigenvalue weighted by Crippen LogP contribution is -1.99. The molecule has 0 radical (unpaired) electrons. The van der Waals surface area contributed by atoms with Gasteiger partial charge in [-0.05, 0) is 19.1 Å². The molecule has 0 bridgehead atoms. The summed E-state index contributed by atoms with van der Waals surface area (Å²) in [7, 11) is 0. The lowest BCUT2D eigenvalue weighted by atomic mass is 10.1. The van der Waals surface area contributed by atoms with Crippen LogP contribution in [-0.2, 0) is 0 Å². The molecule has 5 nitrogen and oxygen atoms in total. The predicted octanol–water partition coefficient (Wildman–Crippen LogP) is 5.03. The summed E-state index contributed by atoms with van der Waals surface area (Å²) in [6.07, 6.45) is 3.58. The molecule has 25 heavy (non-hydrogen) atoms. The predicted molar refractivity (Wildman–Crippen MR) is 101 cm³/mol. The van der Waals surface area contributed by atoms with Crippen molar-refractivity contribution in [2.45, 2.75) is 12.1 Å². The van der Waals surface area contributed by atoms with E-state index in [4.69, 9.17) is 0 Å². The molecule has 0 saturated carbocycles. The number of non-ortho nitro benzene ring substituents is 1. The van der Waals surface area contributed by atoms with Crippen molar-refractivity contribution in [1.82, 2.24) is 9.55 Å². The van der Waals surface area contributed by atoms with Crippen molar-refractivity contribution < 1.29 is 4.92 Å². The van der Waals surface area contributed by atoms with Crippen molar-refractivity contribution in [2.75, 3.05) is 5.75 Å². The van der Waals surface area contributed by atoms with Gasteiger partial charge in [-0.15, -0.1) is 6.58 Å². The van der Waals surface area contributed by atoms with Gasteiger partial charge in [-0.3, -0.25) is 14.7 Å². The summed E-state index contributed by atoms with van der Waals surface area (Å²) in [6.45, 7) is 5.79. The van der Waals surface area contributed by atoms with Crippen LogP contribution in [0.3, 0.4) is 0 Å². The highest BCUT2D eigenvalue weighted by Gasteiger charge is 2.16. The highest BCUT2D eigenvalue weighted by atomic mass is 32.2. The van der Waals surface area contributed by atoms with Crippen LogP contribution in [0, 0.1) is 17.0 Å². The maximum absolute atomic E-state index is 11.1. The van der Waals surface area contributed by atoms with Gasteiger partial charge in [0.25, 0.3) is 5.69 Å². The van der Waals surface area contributed by atoms with E-state index in [1.54, 1.807) is 30.1 Å². The number of aryl methyl sites for hydroxylation is 1. The maximum Gasteiger partial charge on any atom is 0.270 e. The van der Waals surface area contributed by atoms with Crippen LogP contribution in [0.5, 0.6) is 0 Å². The standard InChI is InChI=1S/C19H17N3O2S/c1-3-11-25-19-20-13-18(15-5-4-6-17(12-15)22(23)24)21(19)16-9-7-14(2)8-10-16/h3-10,12-13H,1,11H2,2H3. The topological polar surface area (TPSA) is 61.0 Å². The van der Waals surface area contributed by atoms with Gasteiger partial charge in [-0.1, -0.05) is 47.7 Å². The molecule has 0 saturated heterocycles. The van der Waals surface area contributed by atoms with Gasteiger partial charge in [0.05, 0.1) is 16.8 Å². The van der Waals surface area contributed by atoms with Crippen LogP contribution in [-0.4, -0.2) is 20.2 Å². The number of nitrogens with zero attached hydrogens (tertiary/aromatic N) is 3. The van der Waals surface area contributed by atoms with Gasteiger partial charge in [0.2, 0.25) is 0 Å². The Kier molecular flexibility index (Phi) is 5.00. The minimum atomic E-state index is -0.385. The number of thioether (sulfide) groups is 1. The highest BCUT2D eigenvalue weighted by Crippen LogP contribution is 2.31. The smallest absolute Gasteiger partial charge is 0.270 e. The van der Waals surface area contributed by atoms with Crippen LogP contribution in [0.4, 0.5) is 5.69 Å². The number of hydrogen-bond acceptors (Lipinski definition) is 4. The van der Waals surface area contributed by atoms with Gasteiger partial charge in [0.1, 0.15) is 0 Å². The van der Waals surface area contributed by atoms with Gasteiger partial charge < -0.3 is 0 Å². The summed E-state index contributed by atoms with van der Waals surface area (Å²) in [5.41, 5.74) is 3.78. The van der Waals surface area contributed by atoms with Crippen molar-refractivity contribution in [3.8, 4) is 16.9 Å². The van der Waals surface area contributed by atoms with E-state index in [2.05, 4.69) is 11.6 Å². The summed E-state index contributed by atoms with van der Waals surface area (Å²) >= 11 is 1.57. The summed E-state index contributed by atoms with van der Waals surface area (Å²) in [6, 6.07) is 14.7. The van der Waals surface area contributed by atoms with Gasteiger partial charge in [-0.25, -0.2) is 4.98 Å². The van der Waals surface area contributed by atoms with Crippen LogP contribution in [0.2, 0.25) is 0 Å². The number of nitro benzene ring substituents is 1. The SMILES string of the molecule is C=CCSc1ncc(-c2cccc([N+](=O)[O-])c2)n1-c1ccc(C)cc1. The van der Waals surface area contributed by atoms with Gasteiger partial charge in [0.15, 0.2) is 5.16 Å². The van der Waals surface area contributed by atoms with Crippen LogP contribution in [0.1, 0.15) is 5.56 Å². The normalized spacial score (nSPS) is 10.6. The Morgan fingerprint density at radius 2 is 2.04 bits per heavy atom. The molecule has 0 amide bonds. The van der Waals surface area contributed by atoms with Gasteiger partial charge >= 0.3 is 0 Å². The van der Waals surface area contributed by atoms with E-state index in [0.717, 1.165) is 27.9 Å². The van der Waals surface area contributed by atoms with Crippen molar-refractivity contribution in [3.63, 3.8) is 0 Å². The molecular formula is C19H17N3O2S. The monoisotopic (exact) mass is 351 g/mol. The minimum absolute atomic E-state index is 0.0643. The van der Waals surface area contributed by atoms with Gasteiger partial charge in [0, 0.05) is 29.1 Å². The fourth-order valence-corrected chi connectivity index (χ4v) is 3.22. The van der Waals surface area contributed by atoms with E-state index < -0.39 is 0 Å². The number of benzene rings is 2. The van der Waals surface area contributed by atoms with Crippen molar-refractivity contribution in [1.29, 1.82) is 0 Å². The molecule has 3 rings (SSSR count). The van der Waals surface area contributed by atoms with Crippen molar-refractivity contribution in [3.05, 3.63) is 83.1 Å². The van der Waals surface area contributed by atoms with Crippen molar-refractivity contribution >= 4 is 17.4 Å². The van der Waals surface area contributed by atoms with E-state index in [0.29, 0.717) is 0 Å². The van der Waals surface area contributed by atoms with E-state index in [1.165, 1.54) is 11.6 Å². The second kappa shape index (κ2) is 7.36. The Labute approximate surface area is 150 Å². The first-order valence-corrected chi connectivity index (χ1v) is 8.72. The van der Waals surface area contributed by atoms with Crippen LogP contribution in [0.15, 0.2) is 72.5 Å². The molecule has 2 aromatic carbocycles. The lowest BCUT2D eigenvalue weighted by molar-refractivity contribution is -0.384. The Morgan fingerprint density at radius 3 is 2.72 bits per heavy atom. The van der Waals surface area contributed by atoms with Gasteiger partial charge in [-0.2, -0.15) is 0 Å². The molecule has 126 valence electrons. The highest BCUT2D eigenvalue weighted by molar-refractivity contribution is 7.99. The van der Waals surface area contributed by atoms with E-state index in [9.17, 15) is 10.1 Å². The van der Waals surface area contributed by atoms with Crippen molar-refractivity contribution in [2.24, 2.45) is 0 Å². The summed E-state index contributed by atoms with van der Waals surface area (Å²) in [4.78, 5) is 15.2. The zero-order valence-electron chi connectivity index (χ0n) is 13.8. The molecule has 0 unspecified atom stereocenters. The fraction of sp³-hybridized carbons (Fsp3) is 0.105. The molecule has 1 heterocycles. The first-order valence-electron chi connectivity index (χ1n) is 7.73. The van der Waals surface area contributed by atoms with E-state index >= 15 is 0 Å². The average Bonchev–Trinajstić information content (AvgIpc) is 3.04. The average molecular weight is 351 g/mol. The molecule has 0 spiro atoms. The second-order valence-corrected chi connectivity index (χ2v) is 6.49. The molecule has 3 aromatic rings. The minimum Gasteiger partial charge on any atom is -0.287 e. The molecule has 0 fully saturated rings. The zero-order valence-corrected chi connectivity index (χ0v) is 14.6. The summed E-state index contributed by atoms with van der Waals surface area (Å²) in [5.74, 6) is 0.733. The summed E-state index contributed by atoms with van der Waals surface area (Å²) < 4.78 is 2.02. The first kappa shape index (κ1) is 17.0. The number of imidazole rings is 1. The number of hydrogen-bond donors (Lipinski definition) is 0. The quantitative estimate of drug-likeness (QED) is 0.270. The molecular weight excluding hydrogens is 334 g/mol. The Balaban J connectivity index is 2.15. The number of aromatic nitrogens is 2. The van der Waals surface area contributed by atoms with E-state index in [1.807, 2.05) is 47.9 Å². The zero-order chi connectivity index (χ0) is 17.8. The number of nitro groups is 1. The largest absolute Gasteiger partial charge is 0.287 e. The third kappa shape index (κ3) is 3.64. The fourth-order valence-electron chi connectivity index (χ4n) is 2.50. The Bertz CT molecular complexity index is 917. The lowest BCUT2D eigenvalue weighted by Gasteiger charge is -2.12. The van der Waals surface area contributed by atoms with E-state index in [-0.39, 0.29) is 10.6 Å². The molecule has 6 heteroatoms. The van der Waals surface area contributed by atoms with Crippen LogP contribution < -0.4 is 0 Å². The maximum atomic E-state index is 11.1.